The van der Waals surface area contributed by atoms with E-state index in [2.05, 4.69) is 11.4 Å². The molecule has 0 spiro atoms. The van der Waals surface area contributed by atoms with Crippen molar-refractivity contribution in [2.45, 2.75) is 38.3 Å². The first-order chi connectivity index (χ1) is 13.4. The largest absolute Gasteiger partial charge is 0.375 e. The van der Waals surface area contributed by atoms with Gasteiger partial charge >= 0.3 is 0 Å². The Morgan fingerprint density at radius 2 is 2.04 bits per heavy atom. The van der Waals surface area contributed by atoms with Crippen LogP contribution in [-0.2, 0) is 16.9 Å². The van der Waals surface area contributed by atoms with Crippen LogP contribution in [0, 0.1) is 6.92 Å². The zero-order valence-electron chi connectivity index (χ0n) is 15.7. The second-order valence-electron chi connectivity index (χ2n) is 7.49. The molecule has 3 aromatic rings. The number of hydrogen-bond donors (Lipinski definition) is 2. The molecule has 0 radical (unpaired) electrons. The average Bonchev–Trinajstić information content (AvgIpc) is 2.63. The normalized spacial score (nSPS) is 15.2. The Labute approximate surface area is 168 Å². The molecule has 1 fully saturated rings. The Bertz CT molecular complexity index is 1130. The first-order valence-electron chi connectivity index (χ1n) is 9.35. The molecule has 1 aliphatic carbocycles. The van der Waals surface area contributed by atoms with Crippen molar-refractivity contribution in [3.63, 3.8) is 0 Å². The molecule has 28 heavy (non-hydrogen) atoms. The zero-order chi connectivity index (χ0) is 19.9. The molecule has 3 N–H and O–H groups in total. The molecular weight excluding hydrogens is 374 g/mol. The lowest BCUT2D eigenvalue weighted by Gasteiger charge is -2.45. The Balaban J connectivity index is 1.74. The van der Waals surface area contributed by atoms with E-state index in [9.17, 15) is 9.59 Å². The van der Waals surface area contributed by atoms with E-state index in [-0.39, 0.29) is 17.6 Å². The minimum Gasteiger partial charge on any atom is -0.375 e. The molecule has 1 amide bonds. The molecule has 0 aliphatic heterocycles. The third-order valence-corrected chi connectivity index (χ3v) is 6.09. The van der Waals surface area contributed by atoms with Crippen molar-refractivity contribution in [1.82, 2.24) is 4.57 Å². The van der Waals surface area contributed by atoms with E-state index in [0.717, 1.165) is 40.9 Å². The van der Waals surface area contributed by atoms with Crippen molar-refractivity contribution >= 4 is 34.0 Å². The Hall–Kier alpha value is -2.79. The van der Waals surface area contributed by atoms with Gasteiger partial charge in [0.05, 0.1) is 5.54 Å². The van der Waals surface area contributed by atoms with Gasteiger partial charge in [-0.25, -0.2) is 0 Å². The molecule has 6 heteroatoms. The molecule has 1 saturated carbocycles. The minimum absolute atomic E-state index is 0.127. The number of hydrogen-bond acceptors (Lipinski definition) is 3. The number of pyridine rings is 1. The highest BCUT2D eigenvalue weighted by Crippen LogP contribution is 2.46. The third kappa shape index (κ3) is 3.16. The topological polar surface area (TPSA) is 77.1 Å². The second-order valence-corrected chi connectivity index (χ2v) is 7.90. The van der Waals surface area contributed by atoms with Crippen molar-refractivity contribution in [1.29, 1.82) is 0 Å². The van der Waals surface area contributed by atoms with Crippen LogP contribution in [0.4, 0.5) is 5.69 Å². The lowest BCUT2D eigenvalue weighted by atomic mass is 9.70. The van der Waals surface area contributed by atoms with Gasteiger partial charge in [-0.05, 0) is 67.0 Å². The molecule has 0 atom stereocenters. The van der Waals surface area contributed by atoms with Gasteiger partial charge in [-0.2, -0.15) is 0 Å². The van der Waals surface area contributed by atoms with Crippen LogP contribution in [0.1, 0.15) is 30.4 Å². The standard InChI is InChI=1S/C22H22ClN3O2/c1-14-18(4-2-5-19(14)23)22(9-3-10-22)25-16-7-6-15-8-11-26(13-20(24)27)21(28)17(15)12-16/h2,4-8,11-12,25H,3,9-10,13H2,1H3,(H2,24,27). The van der Waals surface area contributed by atoms with Crippen molar-refractivity contribution in [2.24, 2.45) is 5.73 Å². The predicted molar refractivity (Wildman–Crippen MR) is 113 cm³/mol. The van der Waals surface area contributed by atoms with E-state index >= 15 is 0 Å². The van der Waals surface area contributed by atoms with Crippen LogP contribution in [0.5, 0.6) is 0 Å². The van der Waals surface area contributed by atoms with Gasteiger partial charge in [-0.15, -0.1) is 0 Å². The number of halogens is 1. The highest BCUT2D eigenvalue weighted by molar-refractivity contribution is 6.31. The molecule has 1 aliphatic rings. The number of nitrogens with two attached hydrogens (primary N) is 1. The van der Waals surface area contributed by atoms with Gasteiger partial charge in [0.25, 0.3) is 5.56 Å². The van der Waals surface area contributed by atoms with E-state index in [1.165, 1.54) is 10.1 Å². The number of carbonyl (C=O) groups is 1. The summed E-state index contributed by atoms with van der Waals surface area (Å²) in [6.07, 6.45) is 4.75. The van der Waals surface area contributed by atoms with E-state index in [1.807, 2.05) is 43.3 Å². The fourth-order valence-corrected chi connectivity index (χ4v) is 4.22. The first kappa shape index (κ1) is 18.6. The average molecular weight is 396 g/mol. The van der Waals surface area contributed by atoms with Gasteiger partial charge in [-0.1, -0.05) is 29.8 Å². The maximum absolute atomic E-state index is 12.7. The summed E-state index contributed by atoms with van der Waals surface area (Å²) in [5.74, 6) is -0.541. The fourth-order valence-electron chi connectivity index (χ4n) is 4.04. The maximum atomic E-state index is 12.7. The number of anilines is 1. The van der Waals surface area contributed by atoms with Gasteiger partial charge in [0, 0.05) is 22.3 Å². The van der Waals surface area contributed by atoms with Crippen LogP contribution in [0.3, 0.4) is 0 Å². The summed E-state index contributed by atoms with van der Waals surface area (Å²) in [7, 11) is 0. The Kier molecular flexibility index (Phi) is 4.63. The SMILES string of the molecule is Cc1c(Cl)cccc1C1(Nc2ccc3ccn(CC(N)=O)c(=O)c3c2)CCC1. The number of primary amides is 1. The quantitative estimate of drug-likeness (QED) is 0.686. The molecule has 0 bridgehead atoms. The zero-order valence-corrected chi connectivity index (χ0v) is 16.4. The summed E-state index contributed by atoms with van der Waals surface area (Å²) in [6.45, 7) is 1.92. The van der Waals surface area contributed by atoms with Gasteiger partial charge < -0.3 is 15.6 Å². The smallest absolute Gasteiger partial charge is 0.258 e. The number of rotatable bonds is 5. The number of fused-ring (bicyclic) bond motifs is 1. The van der Waals surface area contributed by atoms with Crippen molar-refractivity contribution < 1.29 is 4.79 Å². The molecule has 0 unspecified atom stereocenters. The van der Waals surface area contributed by atoms with E-state index < -0.39 is 5.91 Å². The molecular formula is C22H22ClN3O2. The second kappa shape index (κ2) is 6.99. The van der Waals surface area contributed by atoms with E-state index in [0.29, 0.717) is 5.39 Å². The van der Waals surface area contributed by atoms with Gasteiger partial charge in [0.1, 0.15) is 6.54 Å². The lowest BCUT2D eigenvalue weighted by Crippen LogP contribution is -2.42. The number of nitrogens with one attached hydrogen (secondary N) is 1. The number of benzene rings is 2. The summed E-state index contributed by atoms with van der Waals surface area (Å²) in [5, 5.41) is 5.81. The van der Waals surface area contributed by atoms with Crippen LogP contribution >= 0.6 is 11.6 Å². The van der Waals surface area contributed by atoms with Crippen molar-refractivity contribution in [3.05, 3.63) is 75.2 Å². The number of amides is 1. The van der Waals surface area contributed by atoms with Crippen LogP contribution in [0.15, 0.2) is 53.5 Å². The monoisotopic (exact) mass is 395 g/mol. The predicted octanol–water partition coefficient (Wildman–Crippen LogP) is 3.94. The van der Waals surface area contributed by atoms with Crippen LogP contribution < -0.4 is 16.6 Å². The van der Waals surface area contributed by atoms with E-state index in [4.69, 9.17) is 17.3 Å². The number of carbonyl (C=O) groups excluding carboxylic acids is 1. The fraction of sp³-hybridized carbons (Fsp3) is 0.273. The number of aromatic nitrogens is 1. The van der Waals surface area contributed by atoms with Crippen LogP contribution in [-0.4, -0.2) is 10.5 Å². The Morgan fingerprint density at radius 3 is 2.71 bits per heavy atom. The van der Waals surface area contributed by atoms with E-state index in [1.54, 1.807) is 6.20 Å². The lowest BCUT2D eigenvalue weighted by molar-refractivity contribution is -0.118. The van der Waals surface area contributed by atoms with Gasteiger partial charge in [0.15, 0.2) is 0 Å². The molecule has 0 saturated heterocycles. The Morgan fingerprint density at radius 1 is 1.25 bits per heavy atom. The highest BCUT2D eigenvalue weighted by Gasteiger charge is 2.40. The first-order valence-corrected chi connectivity index (χ1v) is 9.73. The summed E-state index contributed by atoms with van der Waals surface area (Å²) in [4.78, 5) is 24.0. The van der Waals surface area contributed by atoms with Gasteiger partial charge in [0.2, 0.25) is 5.91 Å². The number of nitrogens with zero attached hydrogens (tertiary/aromatic N) is 1. The third-order valence-electron chi connectivity index (χ3n) is 5.68. The molecule has 2 aromatic carbocycles. The summed E-state index contributed by atoms with van der Waals surface area (Å²) < 4.78 is 1.34. The molecule has 5 nitrogen and oxygen atoms in total. The highest BCUT2D eigenvalue weighted by atomic mass is 35.5. The van der Waals surface area contributed by atoms with Crippen LogP contribution in [0.2, 0.25) is 5.02 Å². The van der Waals surface area contributed by atoms with Crippen LogP contribution in [0.25, 0.3) is 10.8 Å². The van der Waals surface area contributed by atoms with Gasteiger partial charge in [-0.3, -0.25) is 9.59 Å². The molecule has 144 valence electrons. The summed E-state index contributed by atoms with van der Waals surface area (Å²) in [5.41, 5.74) is 8.01. The van der Waals surface area contributed by atoms with Crippen molar-refractivity contribution in [2.75, 3.05) is 5.32 Å². The van der Waals surface area contributed by atoms with Crippen molar-refractivity contribution in [3.8, 4) is 0 Å². The molecule has 4 rings (SSSR count). The summed E-state index contributed by atoms with van der Waals surface area (Å²) >= 11 is 6.35. The maximum Gasteiger partial charge on any atom is 0.258 e. The molecule has 1 heterocycles. The minimum atomic E-state index is -0.541. The summed E-state index contributed by atoms with van der Waals surface area (Å²) in [6, 6.07) is 13.6. The molecule has 1 aromatic heterocycles.